The summed E-state index contributed by atoms with van der Waals surface area (Å²) >= 11 is 6.98. The van der Waals surface area contributed by atoms with Crippen molar-refractivity contribution in [3.63, 3.8) is 0 Å². The number of terminal acetylenes is 1. The van der Waals surface area contributed by atoms with E-state index >= 15 is 0 Å². The number of halogens is 4. The summed E-state index contributed by atoms with van der Waals surface area (Å²) in [4.78, 5) is 6.46. The molecule has 0 aliphatic heterocycles. The van der Waals surface area contributed by atoms with Crippen molar-refractivity contribution in [2.24, 2.45) is 0 Å². The summed E-state index contributed by atoms with van der Waals surface area (Å²) in [5.41, 5.74) is 0. The maximum atomic E-state index is 12.4. The van der Waals surface area contributed by atoms with Crippen LogP contribution < -0.4 is 5.32 Å². The third kappa shape index (κ3) is 5.02. The summed E-state index contributed by atoms with van der Waals surface area (Å²) in [5.74, 6) is 2.45. The van der Waals surface area contributed by atoms with Crippen molar-refractivity contribution in [3.8, 4) is 12.3 Å². The van der Waals surface area contributed by atoms with Crippen LogP contribution in [0.15, 0.2) is 6.07 Å². The number of hydrogen-bond donors (Lipinski definition) is 1. The van der Waals surface area contributed by atoms with Crippen LogP contribution >= 0.6 is 23.4 Å². The minimum absolute atomic E-state index is 0.0450. The number of nitrogens with one attached hydrogen (secondary N) is 1. The first-order chi connectivity index (χ1) is 8.43. The van der Waals surface area contributed by atoms with Crippen LogP contribution in [0.25, 0.3) is 0 Å². The molecule has 8 heteroatoms. The van der Waals surface area contributed by atoms with Gasteiger partial charge in [-0.2, -0.15) is 13.2 Å². The van der Waals surface area contributed by atoms with Gasteiger partial charge in [-0.15, -0.1) is 18.2 Å². The smallest absolute Gasteiger partial charge is 0.369 e. The third-order valence-corrected chi connectivity index (χ3v) is 2.74. The van der Waals surface area contributed by atoms with Crippen molar-refractivity contribution in [1.29, 1.82) is 0 Å². The van der Waals surface area contributed by atoms with Crippen LogP contribution in [0, 0.1) is 12.3 Å². The Hall–Kier alpha value is -1.13. The number of nitrogens with zero attached hydrogens (tertiary/aromatic N) is 2. The van der Waals surface area contributed by atoms with E-state index in [0.717, 1.165) is 0 Å². The van der Waals surface area contributed by atoms with Gasteiger partial charge in [0.15, 0.2) is 0 Å². The summed E-state index contributed by atoms with van der Waals surface area (Å²) in [6, 6.07) is 1.24. The minimum Gasteiger partial charge on any atom is -0.369 e. The molecule has 0 atom stereocenters. The molecule has 1 rings (SSSR count). The third-order valence-electron chi connectivity index (χ3n) is 1.69. The van der Waals surface area contributed by atoms with Crippen molar-refractivity contribution in [1.82, 2.24) is 9.97 Å². The Balaban J connectivity index is 2.61. The molecule has 0 spiro atoms. The molecule has 0 amide bonds. The van der Waals surface area contributed by atoms with Gasteiger partial charge in [-0.05, 0) is 0 Å². The summed E-state index contributed by atoms with van der Waals surface area (Å²) in [6.07, 6.45) is 0.444. The maximum absolute atomic E-state index is 12.4. The molecule has 1 heterocycles. The highest BCUT2D eigenvalue weighted by molar-refractivity contribution is 7.99. The lowest BCUT2D eigenvalue weighted by Gasteiger charge is -2.09. The standard InChI is InChI=1S/C10H9ClF3N3S/c1-2-4-18-5-3-15-8-6-7(11)16-9(17-8)10(12,13)14/h1,6H,3-5H2,(H,15,16,17). The van der Waals surface area contributed by atoms with E-state index in [1.54, 1.807) is 0 Å². The normalized spacial score (nSPS) is 11.1. The van der Waals surface area contributed by atoms with Gasteiger partial charge in [0.05, 0.1) is 5.75 Å². The van der Waals surface area contributed by atoms with Crippen molar-refractivity contribution in [2.75, 3.05) is 23.4 Å². The molecule has 0 aliphatic rings. The van der Waals surface area contributed by atoms with E-state index in [4.69, 9.17) is 18.0 Å². The Morgan fingerprint density at radius 3 is 2.78 bits per heavy atom. The summed E-state index contributed by atoms with van der Waals surface area (Å²) in [7, 11) is 0. The summed E-state index contributed by atoms with van der Waals surface area (Å²) in [5, 5.41) is 2.48. The average Bonchev–Trinajstić information content (AvgIpc) is 2.27. The number of aromatic nitrogens is 2. The molecular formula is C10H9ClF3N3S. The molecule has 0 radical (unpaired) electrons. The highest BCUT2D eigenvalue weighted by atomic mass is 35.5. The predicted molar refractivity (Wildman–Crippen MR) is 66.7 cm³/mol. The SMILES string of the molecule is C#CCSCCNc1cc(Cl)nc(C(F)(F)F)n1. The molecule has 0 bridgehead atoms. The minimum atomic E-state index is -4.61. The largest absolute Gasteiger partial charge is 0.451 e. The molecular weight excluding hydrogens is 287 g/mol. The van der Waals surface area contributed by atoms with Gasteiger partial charge in [-0.3, -0.25) is 0 Å². The second-order valence-corrected chi connectivity index (χ2v) is 4.57. The fourth-order valence-electron chi connectivity index (χ4n) is 1.02. The topological polar surface area (TPSA) is 37.8 Å². The first kappa shape index (κ1) is 14.9. The predicted octanol–water partition coefficient (Wildman–Crippen LogP) is 2.93. The molecule has 0 saturated carbocycles. The van der Waals surface area contributed by atoms with E-state index in [1.807, 2.05) is 0 Å². The van der Waals surface area contributed by atoms with E-state index in [2.05, 4.69) is 21.2 Å². The number of alkyl halides is 3. The summed E-state index contributed by atoms with van der Waals surface area (Å²) < 4.78 is 37.2. The van der Waals surface area contributed by atoms with Crippen LogP contribution in [-0.4, -0.2) is 28.0 Å². The van der Waals surface area contributed by atoms with Crippen LogP contribution in [0.2, 0.25) is 5.15 Å². The van der Waals surface area contributed by atoms with Gasteiger partial charge in [-0.1, -0.05) is 17.5 Å². The molecule has 98 valence electrons. The van der Waals surface area contributed by atoms with Gasteiger partial charge in [-0.25, -0.2) is 9.97 Å². The van der Waals surface area contributed by atoms with Gasteiger partial charge in [0.2, 0.25) is 5.82 Å². The van der Waals surface area contributed by atoms with Crippen LogP contribution in [0.3, 0.4) is 0 Å². The lowest BCUT2D eigenvalue weighted by atomic mass is 10.5. The van der Waals surface area contributed by atoms with E-state index in [0.29, 0.717) is 18.1 Å². The Labute approximate surface area is 112 Å². The monoisotopic (exact) mass is 295 g/mol. The molecule has 1 aromatic rings. The van der Waals surface area contributed by atoms with Crippen molar-refractivity contribution < 1.29 is 13.2 Å². The fraction of sp³-hybridized carbons (Fsp3) is 0.400. The second-order valence-electron chi connectivity index (χ2n) is 3.08. The molecule has 1 aromatic heterocycles. The molecule has 1 N–H and O–H groups in total. The molecule has 3 nitrogen and oxygen atoms in total. The zero-order valence-electron chi connectivity index (χ0n) is 9.09. The number of hydrogen-bond acceptors (Lipinski definition) is 4. The molecule has 0 unspecified atom stereocenters. The molecule has 0 aromatic carbocycles. The van der Waals surface area contributed by atoms with Gasteiger partial charge in [0.25, 0.3) is 0 Å². The summed E-state index contributed by atoms with van der Waals surface area (Å²) in [6.45, 7) is 0.441. The Morgan fingerprint density at radius 1 is 1.44 bits per heavy atom. The molecule has 0 saturated heterocycles. The molecule has 0 aliphatic carbocycles. The lowest BCUT2D eigenvalue weighted by Crippen LogP contribution is -2.14. The fourth-order valence-corrected chi connectivity index (χ4v) is 1.71. The van der Waals surface area contributed by atoms with E-state index in [9.17, 15) is 13.2 Å². The average molecular weight is 296 g/mol. The van der Waals surface area contributed by atoms with Crippen LogP contribution in [0.5, 0.6) is 0 Å². The zero-order chi connectivity index (χ0) is 13.6. The second kappa shape index (κ2) is 6.71. The highest BCUT2D eigenvalue weighted by Gasteiger charge is 2.35. The van der Waals surface area contributed by atoms with Gasteiger partial charge in [0, 0.05) is 18.4 Å². The van der Waals surface area contributed by atoms with Crippen LogP contribution in [-0.2, 0) is 6.18 Å². The van der Waals surface area contributed by atoms with Crippen molar-refractivity contribution in [2.45, 2.75) is 6.18 Å². The number of anilines is 1. The van der Waals surface area contributed by atoms with Crippen molar-refractivity contribution >= 4 is 29.2 Å². The highest BCUT2D eigenvalue weighted by Crippen LogP contribution is 2.28. The maximum Gasteiger partial charge on any atom is 0.451 e. The zero-order valence-corrected chi connectivity index (χ0v) is 10.7. The first-order valence-corrected chi connectivity index (χ1v) is 6.33. The van der Waals surface area contributed by atoms with E-state index < -0.39 is 12.0 Å². The Bertz CT molecular complexity index is 445. The molecule has 18 heavy (non-hydrogen) atoms. The Morgan fingerprint density at radius 2 is 2.17 bits per heavy atom. The van der Waals surface area contributed by atoms with Crippen LogP contribution in [0.1, 0.15) is 5.82 Å². The number of thioether (sulfide) groups is 1. The first-order valence-electron chi connectivity index (χ1n) is 4.80. The number of rotatable bonds is 5. The van der Waals surface area contributed by atoms with Gasteiger partial charge < -0.3 is 5.32 Å². The van der Waals surface area contributed by atoms with Gasteiger partial charge in [0.1, 0.15) is 11.0 Å². The van der Waals surface area contributed by atoms with Crippen LogP contribution in [0.4, 0.5) is 19.0 Å². The quantitative estimate of drug-likeness (QED) is 0.515. The lowest BCUT2D eigenvalue weighted by molar-refractivity contribution is -0.144. The van der Waals surface area contributed by atoms with E-state index in [-0.39, 0.29) is 11.0 Å². The molecule has 0 fully saturated rings. The Kier molecular flexibility index (Phi) is 5.56. The van der Waals surface area contributed by atoms with Gasteiger partial charge >= 0.3 is 6.18 Å². The van der Waals surface area contributed by atoms with Crippen molar-refractivity contribution in [3.05, 3.63) is 17.0 Å². The van der Waals surface area contributed by atoms with E-state index in [1.165, 1.54) is 17.8 Å².